The number of nitrogens with one attached hydrogen (secondary N) is 2. The molecule has 4 N–H and O–H groups in total. The third-order valence-corrected chi connectivity index (χ3v) is 5.03. The molecule has 0 amide bonds. The Balaban J connectivity index is 1.73. The minimum absolute atomic E-state index is 0.00400. The number of nitrogens with zero attached hydrogens (tertiary/aromatic N) is 4. The van der Waals surface area contributed by atoms with Crippen LogP contribution in [0.5, 0.6) is 0 Å². The molecule has 2 atom stereocenters. The summed E-state index contributed by atoms with van der Waals surface area (Å²) in [4.78, 5) is 12.2. The molecule has 2 aliphatic carbocycles. The highest BCUT2D eigenvalue weighted by Crippen LogP contribution is 2.51. The normalized spacial score (nSPS) is 25.2. The Hall–Kier alpha value is -2.83. The van der Waals surface area contributed by atoms with Crippen molar-refractivity contribution >= 4 is 17.5 Å². The maximum absolute atomic E-state index is 13.2. The lowest BCUT2D eigenvalue weighted by atomic mass is 10.1. The Kier molecular flexibility index (Phi) is 5.19. The third-order valence-electron chi connectivity index (χ3n) is 5.03. The first kappa shape index (κ1) is 19.9. The van der Waals surface area contributed by atoms with Crippen molar-refractivity contribution in [1.82, 2.24) is 9.97 Å². The molecule has 1 aromatic rings. The van der Waals surface area contributed by atoms with Crippen LogP contribution in [0.15, 0.2) is 23.1 Å². The van der Waals surface area contributed by atoms with Gasteiger partial charge in [0.05, 0.1) is 22.9 Å². The smallest absolute Gasteiger partial charge is 0.403 e. The quantitative estimate of drug-likeness (QED) is 0.613. The van der Waals surface area contributed by atoms with Crippen LogP contribution in [0, 0.1) is 22.7 Å². The molecule has 1 heterocycles. The fraction of sp³-hybridized carbons (Fsp3) is 0.556. The average Bonchev–Trinajstić information content (AvgIpc) is 3.55. The molecule has 2 fully saturated rings. The lowest BCUT2D eigenvalue weighted by Gasteiger charge is -2.15. The summed E-state index contributed by atoms with van der Waals surface area (Å²) in [7, 11) is 0. The van der Waals surface area contributed by atoms with Crippen LogP contribution in [-0.4, -0.2) is 28.3 Å². The van der Waals surface area contributed by atoms with E-state index < -0.39 is 11.7 Å². The summed E-state index contributed by atoms with van der Waals surface area (Å²) in [6.07, 6.45) is -0.0997. The summed E-state index contributed by atoms with van der Waals surface area (Å²) >= 11 is 0. The molecule has 10 heteroatoms. The maximum atomic E-state index is 13.2. The van der Waals surface area contributed by atoms with E-state index in [4.69, 9.17) is 11.0 Å². The Morgan fingerprint density at radius 1 is 1.50 bits per heavy atom. The Labute approximate surface area is 161 Å². The van der Waals surface area contributed by atoms with Gasteiger partial charge in [0.2, 0.25) is 5.95 Å². The molecular weight excluding hydrogens is 371 g/mol. The molecule has 28 heavy (non-hydrogen) atoms. The van der Waals surface area contributed by atoms with Crippen LogP contribution >= 0.6 is 0 Å². The van der Waals surface area contributed by atoms with Gasteiger partial charge in [0.25, 0.3) is 0 Å². The van der Waals surface area contributed by atoms with Crippen molar-refractivity contribution in [3.8, 4) is 6.07 Å². The number of alkyl halides is 3. The van der Waals surface area contributed by atoms with E-state index in [1.54, 1.807) is 6.92 Å². The molecular formula is C18H22F3N7. The number of hydrogen-bond donors (Lipinski definition) is 3. The van der Waals surface area contributed by atoms with Gasteiger partial charge < -0.3 is 16.4 Å². The van der Waals surface area contributed by atoms with Gasteiger partial charge >= 0.3 is 6.18 Å². The minimum Gasteiger partial charge on any atom is -0.403 e. The summed E-state index contributed by atoms with van der Waals surface area (Å²) in [5, 5.41) is 14.7. The predicted octanol–water partition coefficient (Wildman–Crippen LogP) is 3.29. The van der Waals surface area contributed by atoms with Gasteiger partial charge in [-0.3, -0.25) is 4.99 Å². The highest BCUT2D eigenvalue weighted by Gasteiger charge is 2.50. The number of anilines is 2. The van der Waals surface area contributed by atoms with E-state index in [1.807, 2.05) is 6.92 Å². The Bertz CT molecular complexity index is 852. The maximum Gasteiger partial charge on any atom is 0.421 e. The summed E-state index contributed by atoms with van der Waals surface area (Å²) < 4.78 is 39.5. The van der Waals surface area contributed by atoms with Crippen LogP contribution in [0.3, 0.4) is 0 Å². The van der Waals surface area contributed by atoms with E-state index in [-0.39, 0.29) is 29.1 Å². The van der Waals surface area contributed by atoms with E-state index >= 15 is 0 Å². The lowest BCUT2D eigenvalue weighted by Crippen LogP contribution is -2.18. The van der Waals surface area contributed by atoms with Gasteiger partial charge in [-0.2, -0.15) is 23.4 Å². The van der Waals surface area contributed by atoms with Crippen molar-refractivity contribution in [2.75, 3.05) is 17.2 Å². The molecule has 1 aromatic heterocycles. The van der Waals surface area contributed by atoms with Gasteiger partial charge in [-0.15, -0.1) is 0 Å². The molecule has 0 radical (unpaired) electrons. The van der Waals surface area contributed by atoms with E-state index in [0.717, 1.165) is 25.5 Å². The summed E-state index contributed by atoms with van der Waals surface area (Å²) in [5.74, 6) is -0.0555. The van der Waals surface area contributed by atoms with Gasteiger partial charge in [-0.05, 0) is 39.0 Å². The number of rotatable bonds is 7. The molecule has 0 saturated heterocycles. The predicted molar refractivity (Wildman–Crippen MR) is 99.4 cm³/mol. The second kappa shape index (κ2) is 7.30. The first-order valence-corrected chi connectivity index (χ1v) is 8.98. The highest BCUT2D eigenvalue weighted by atomic mass is 19.4. The number of aromatic nitrogens is 2. The standard InChI is InChI=1S/C18H22F3N7/c1-10(24-7-11-5-17(11,2)9-23)14(6-22)27-16-25-8-13(18(19,20)21)15(28-16)26-12-3-4-12/h6,8,11-12H,3-5,7,22H2,1-2H3,(H2,25,26,27,28)/b14-6+,24-10?/t11-,17+/m1/s1. The lowest BCUT2D eigenvalue weighted by molar-refractivity contribution is -0.137. The largest absolute Gasteiger partial charge is 0.421 e. The summed E-state index contributed by atoms with van der Waals surface area (Å²) in [6.45, 7) is 4.10. The van der Waals surface area contributed by atoms with Crippen LogP contribution in [0.1, 0.15) is 38.7 Å². The van der Waals surface area contributed by atoms with Crippen LogP contribution in [0.4, 0.5) is 24.9 Å². The van der Waals surface area contributed by atoms with Crippen molar-refractivity contribution in [2.24, 2.45) is 22.1 Å². The van der Waals surface area contributed by atoms with Crippen LogP contribution in [0.25, 0.3) is 0 Å². The van der Waals surface area contributed by atoms with Crippen molar-refractivity contribution in [3.05, 3.63) is 23.7 Å². The molecule has 0 bridgehead atoms. The number of hydrogen-bond acceptors (Lipinski definition) is 7. The molecule has 7 nitrogen and oxygen atoms in total. The van der Waals surface area contributed by atoms with Gasteiger partial charge in [0.15, 0.2) is 0 Å². The number of nitriles is 1. The second-order valence-electron chi connectivity index (χ2n) is 7.43. The summed E-state index contributed by atoms with van der Waals surface area (Å²) in [5.41, 5.74) is 5.37. The first-order chi connectivity index (χ1) is 13.2. The van der Waals surface area contributed by atoms with Crippen molar-refractivity contribution in [1.29, 1.82) is 5.26 Å². The Morgan fingerprint density at radius 2 is 2.21 bits per heavy atom. The molecule has 0 unspecified atom stereocenters. The molecule has 0 spiro atoms. The average molecular weight is 393 g/mol. The van der Waals surface area contributed by atoms with Crippen molar-refractivity contribution < 1.29 is 13.2 Å². The van der Waals surface area contributed by atoms with E-state index in [2.05, 4.69) is 31.7 Å². The molecule has 3 rings (SSSR count). The van der Waals surface area contributed by atoms with Gasteiger partial charge in [0, 0.05) is 25.0 Å². The zero-order valence-corrected chi connectivity index (χ0v) is 15.6. The Morgan fingerprint density at radius 3 is 2.75 bits per heavy atom. The topological polar surface area (TPSA) is 112 Å². The molecule has 2 saturated carbocycles. The number of nitrogens with two attached hydrogens (primary N) is 1. The number of halogens is 3. The SMILES string of the molecule is CC(=NC[C@H]1C[C@@]1(C)C#N)/C(=C\N)Nc1ncc(C(F)(F)F)c(NC2CC2)n1. The van der Waals surface area contributed by atoms with Gasteiger partial charge in [0.1, 0.15) is 11.4 Å². The fourth-order valence-corrected chi connectivity index (χ4v) is 2.74. The van der Waals surface area contributed by atoms with Crippen LogP contribution in [0.2, 0.25) is 0 Å². The van der Waals surface area contributed by atoms with Gasteiger partial charge in [-0.25, -0.2) is 4.98 Å². The zero-order valence-electron chi connectivity index (χ0n) is 15.6. The van der Waals surface area contributed by atoms with E-state index in [1.165, 1.54) is 6.20 Å². The van der Waals surface area contributed by atoms with Crippen LogP contribution < -0.4 is 16.4 Å². The highest BCUT2D eigenvalue weighted by molar-refractivity contribution is 6.00. The molecule has 0 aliphatic heterocycles. The minimum atomic E-state index is -4.54. The summed E-state index contributed by atoms with van der Waals surface area (Å²) in [6, 6.07) is 2.28. The number of aliphatic imine (C=N–C) groups is 1. The molecule has 2 aliphatic rings. The second-order valence-corrected chi connectivity index (χ2v) is 7.43. The van der Waals surface area contributed by atoms with E-state index in [9.17, 15) is 13.2 Å². The zero-order chi connectivity index (χ0) is 20.5. The number of allylic oxidation sites excluding steroid dienone is 1. The van der Waals surface area contributed by atoms with Crippen molar-refractivity contribution in [2.45, 2.75) is 45.3 Å². The molecule has 150 valence electrons. The first-order valence-electron chi connectivity index (χ1n) is 8.98. The van der Waals surface area contributed by atoms with Crippen molar-refractivity contribution in [3.63, 3.8) is 0 Å². The van der Waals surface area contributed by atoms with Gasteiger partial charge in [-0.1, -0.05) is 0 Å². The fourth-order valence-electron chi connectivity index (χ4n) is 2.74. The third kappa shape index (κ3) is 4.52. The van der Waals surface area contributed by atoms with E-state index in [0.29, 0.717) is 18.0 Å². The monoisotopic (exact) mass is 393 g/mol. The molecule has 0 aromatic carbocycles. The van der Waals surface area contributed by atoms with Crippen LogP contribution in [-0.2, 0) is 6.18 Å².